The molecule has 31 heavy (non-hydrogen) atoms. The number of anilines is 1. The second-order valence-corrected chi connectivity index (χ2v) is 6.65. The van der Waals surface area contributed by atoms with E-state index in [1.807, 2.05) is 60.8 Å². The maximum Gasteiger partial charge on any atom is 0.128 e. The summed E-state index contributed by atoms with van der Waals surface area (Å²) in [5, 5.41) is 19.9. The van der Waals surface area contributed by atoms with Gasteiger partial charge in [0.25, 0.3) is 0 Å². The van der Waals surface area contributed by atoms with Gasteiger partial charge in [-0.25, -0.2) is 4.68 Å². The van der Waals surface area contributed by atoms with Crippen molar-refractivity contribution in [3.63, 3.8) is 0 Å². The molecule has 3 aromatic carbocycles. The van der Waals surface area contributed by atoms with Crippen LogP contribution in [0.2, 0.25) is 0 Å². The van der Waals surface area contributed by atoms with Crippen molar-refractivity contribution in [1.82, 2.24) is 9.78 Å². The molecule has 0 spiro atoms. The number of nitrogens with zero attached hydrogens (tertiary/aromatic N) is 3. The van der Waals surface area contributed by atoms with Gasteiger partial charge in [-0.3, -0.25) is 5.43 Å². The van der Waals surface area contributed by atoms with Gasteiger partial charge >= 0.3 is 0 Å². The summed E-state index contributed by atoms with van der Waals surface area (Å²) in [5.74, 6) is -0.508. The molecular weight excluding hydrogens is 392 g/mol. The molecule has 0 aliphatic heterocycles. The van der Waals surface area contributed by atoms with Crippen molar-refractivity contribution in [1.29, 1.82) is 0 Å². The van der Waals surface area contributed by atoms with Gasteiger partial charge in [-0.05, 0) is 42.0 Å². The number of carbonyl (C=O) groups excluding carboxylic acids is 1. The van der Waals surface area contributed by atoms with E-state index in [0.29, 0.717) is 11.4 Å². The number of aromatic carboxylic acids is 1. The van der Waals surface area contributed by atoms with Gasteiger partial charge in [-0.2, -0.15) is 10.2 Å². The standard InChI is InChI=1S/C24H20N4O3/c1-31-22-10-6-5-9-21(22)23-18(16-28(27-23)20-7-3-2-4-8-20)15-25-26-19-13-11-17(12-14-19)24(29)30/h2-16,26H,1H3,(H,29,30)/p-1/b25-15-. The molecular formula is C24H19N4O3-. The molecule has 0 atom stereocenters. The number of hydrazone groups is 1. The first-order chi connectivity index (χ1) is 15.2. The average molecular weight is 411 g/mol. The molecule has 0 unspecified atom stereocenters. The summed E-state index contributed by atoms with van der Waals surface area (Å²) in [6.07, 6.45) is 3.56. The molecule has 1 heterocycles. The molecule has 0 bridgehead atoms. The number of carboxylic acid groups (broad SMARTS) is 1. The van der Waals surface area contributed by atoms with E-state index in [0.717, 1.165) is 22.5 Å². The molecule has 0 fully saturated rings. The van der Waals surface area contributed by atoms with Gasteiger partial charge in [0.15, 0.2) is 0 Å². The van der Waals surface area contributed by atoms with Crippen molar-refractivity contribution in [3.05, 3.63) is 96.2 Å². The van der Waals surface area contributed by atoms with Gasteiger partial charge in [0.2, 0.25) is 0 Å². The van der Waals surface area contributed by atoms with Crippen LogP contribution in [0.25, 0.3) is 16.9 Å². The van der Waals surface area contributed by atoms with Crippen molar-refractivity contribution in [2.75, 3.05) is 12.5 Å². The summed E-state index contributed by atoms with van der Waals surface area (Å²) in [7, 11) is 1.62. The lowest BCUT2D eigenvalue weighted by atomic mass is 10.1. The summed E-state index contributed by atoms with van der Waals surface area (Å²) >= 11 is 0. The van der Waals surface area contributed by atoms with Crippen molar-refractivity contribution < 1.29 is 14.6 Å². The molecule has 0 aliphatic rings. The van der Waals surface area contributed by atoms with E-state index in [1.54, 1.807) is 30.1 Å². The summed E-state index contributed by atoms with van der Waals surface area (Å²) < 4.78 is 7.30. The Kier molecular flexibility index (Phi) is 5.75. The van der Waals surface area contributed by atoms with E-state index in [9.17, 15) is 9.90 Å². The quantitative estimate of drug-likeness (QED) is 0.372. The summed E-state index contributed by atoms with van der Waals surface area (Å²) in [6.45, 7) is 0. The number of nitrogens with one attached hydrogen (secondary N) is 1. The number of hydrogen-bond acceptors (Lipinski definition) is 6. The first-order valence-corrected chi connectivity index (χ1v) is 9.54. The zero-order valence-electron chi connectivity index (χ0n) is 16.7. The van der Waals surface area contributed by atoms with Crippen LogP contribution in [0.15, 0.2) is 90.2 Å². The highest BCUT2D eigenvalue weighted by Crippen LogP contribution is 2.31. The van der Waals surface area contributed by atoms with Crippen LogP contribution in [0.4, 0.5) is 5.69 Å². The van der Waals surface area contributed by atoms with Gasteiger partial charge in [0, 0.05) is 17.3 Å². The van der Waals surface area contributed by atoms with E-state index in [-0.39, 0.29) is 5.56 Å². The van der Waals surface area contributed by atoms with Crippen LogP contribution in [-0.2, 0) is 0 Å². The van der Waals surface area contributed by atoms with Gasteiger partial charge < -0.3 is 14.6 Å². The second-order valence-electron chi connectivity index (χ2n) is 6.65. The molecule has 0 saturated heterocycles. The van der Waals surface area contributed by atoms with Crippen LogP contribution >= 0.6 is 0 Å². The summed E-state index contributed by atoms with van der Waals surface area (Å²) in [6, 6.07) is 23.6. The Bertz CT molecular complexity index is 1220. The normalized spacial score (nSPS) is 10.9. The molecule has 1 aromatic heterocycles. The SMILES string of the molecule is COc1ccccc1-c1nn(-c2ccccc2)cc1/C=N\Nc1ccc(C(=O)[O-])cc1. The van der Waals surface area contributed by atoms with E-state index in [1.165, 1.54) is 12.1 Å². The van der Waals surface area contributed by atoms with Crippen LogP contribution in [0.5, 0.6) is 5.75 Å². The number of carboxylic acids is 1. The first kappa shape index (κ1) is 19.9. The van der Waals surface area contributed by atoms with Crippen molar-refractivity contribution >= 4 is 17.9 Å². The largest absolute Gasteiger partial charge is 0.545 e. The van der Waals surface area contributed by atoms with Crippen molar-refractivity contribution in [3.8, 4) is 22.7 Å². The first-order valence-electron chi connectivity index (χ1n) is 9.54. The Morgan fingerprint density at radius 3 is 2.45 bits per heavy atom. The zero-order valence-corrected chi connectivity index (χ0v) is 16.7. The third-order valence-electron chi connectivity index (χ3n) is 4.64. The zero-order chi connectivity index (χ0) is 21.6. The lowest BCUT2D eigenvalue weighted by Crippen LogP contribution is -2.21. The Hall–Kier alpha value is -4.39. The number of hydrogen-bond donors (Lipinski definition) is 1. The fraction of sp³-hybridized carbons (Fsp3) is 0.0417. The third-order valence-corrected chi connectivity index (χ3v) is 4.64. The highest BCUT2D eigenvalue weighted by Gasteiger charge is 2.14. The predicted octanol–water partition coefficient (Wildman–Crippen LogP) is 3.36. The highest BCUT2D eigenvalue weighted by molar-refractivity contribution is 5.90. The molecule has 0 aliphatic carbocycles. The molecule has 0 radical (unpaired) electrons. The van der Waals surface area contributed by atoms with Crippen molar-refractivity contribution in [2.24, 2.45) is 5.10 Å². The van der Waals surface area contributed by atoms with Crippen LogP contribution in [-0.4, -0.2) is 29.1 Å². The molecule has 1 N–H and O–H groups in total. The minimum atomic E-state index is -1.22. The number of methoxy groups -OCH3 is 1. The van der Waals surface area contributed by atoms with Gasteiger partial charge in [0.05, 0.1) is 30.7 Å². The van der Waals surface area contributed by atoms with Crippen LogP contribution in [0.1, 0.15) is 15.9 Å². The summed E-state index contributed by atoms with van der Waals surface area (Å²) in [5.41, 5.74) is 6.93. The Morgan fingerprint density at radius 2 is 1.74 bits per heavy atom. The summed E-state index contributed by atoms with van der Waals surface area (Å²) in [4.78, 5) is 10.9. The van der Waals surface area contributed by atoms with Gasteiger partial charge in [0.1, 0.15) is 11.4 Å². The molecule has 0 amide bonds. The Balaban J connectivity index is 1.67. The van der Waals surface area contributed by atoms with Crippen LogP contribution in [0.3, 0.4) is 0 Å². The number of para-hydroxylation sites is 2. The van der Waals surface area contributed by atoms with Gasteiger partial charge in [-0.15, -0.1) is 0 Å². The third kappa shape index (κ3) is 4.45. The van der Waals surface area contributed by atoms with E-state index in [4.69, 9.17) is 9.84 Å². The topological polar surface area (TPSA) is 91.6 Å². The lowest BCUT2D eigenvalue weighted by molar-refractivity contribution is -0.255. The van der Waals surface area contributed by atoms with Crippen LogP contribution in [0, 0.1) is 0 Å². The minimum Gasteiger partial charge on any atom is -0.545 e. The number of rotatable bonds is 7. The van der Waals surface area contributed by atoms with E-state index >= 15 is 0 Å². The Morgan fingerprint density at radius 1 is 1.03 bits per heavy atom. The maximum absolute atomic E-state index is 10.9. The average Bonchev–Trinajstić information content (AvgIpc) is 3.24. The predicted molar refractivity (Wildman–Crippen MR) is 118 cm³/mol. The monoisotopic (exact) mass is 411 g/mol. The number of ether oxygens (including phenoxy) is 1. The van der Waals surface area contributed by atoms with Crippen LogP contribution < -0.4 is 15.3 Å². The lowest BCUT2D eigenvalue weighted by Gasteiger charge is -2.06. The number of carbonyl (C=O) groups is 1. The van der Waals surface area contributed by atoms with Crippen molar-refractivity contribution in [2.45, 2.75) is 0 Å². The molecule has 4 aromatic rings. The molecule has 7 heteroatoms. The number of aromatic nitrogens is 2. The fourth-order valence-electron chi connectivity index (χ4n) is 3.10. The molecule has 154 valence electrons. The maximum atomic E-state index is 10.9. The molecule has 4 rings (SSSR count). The molecule has 0 saturated carbocycles. The molecule has 7 nitrogen and oxygen atoms in total. The van der Waals surface area contributed by atoms with E-state index in [2.05, 4.69) is 10.5 Å². The van der Waals surface area contributed by atoms with Gasteiger partial charge in [-0.1, -0.05) is 42.5 Å². The smallest absolute Gasteiger partial charge is 0.128 e. The fourth-order valence-corrected chi connectivity index (χ4v) is 3.10. The minimum absolute atomic E-state index is 0.108. The second kappa shape index (κ2) is 8.96. The highest BCUT2D eigenvalue weighted by atomic mass is 16.5. The Labute approximate surface area is 179 Å². The number of benzene rings is 3. The van der Waals surface area contributed by atoms with E-state index < -0.39 is 5.97 Å².